The number of H-pyrrole nitrogens is 1. The second-order valence-electron chi connectivity index (χ2n) is 7.05. The second kappa shape index (κ2) is 6.60. The zero-order chi connectivity index (χ0) is 18.2. The van der Waals surface area contributed by atoms with Gasteiger partial charge in [0.25, 0.3) is 0 Å². The van der Waals surface area contributed by atoms with Gasteiger partial charge in [-0.2, -0.15) is 5.10 Å². The van der Waals surface area contributed by atoms with E-state index in [2.05, 4.69) is 39.8 Å². The van der Waals surface area contributed by atoms with Crippen molar-refractivity contribution in [2.24, 2.45) is 0 Å². The van der Waals surface area contributed by atoms with Gasteiger partial charge in [0.05, 0.1) is 18.4 Å². The molecule has 2 saturated heterocycles. The highest BCUT2D eigenvalue weighted by molar-refractivity contribution is 5.83. The smallest absolute Gasteiger partial charge is 0.222 e. The van der Waals surface area contributed by atoms with E-state index in [4.69, 9.17) is 0 Å². The third kappa shape index (κ3) is 2.81. The summed E-state index contributed by atoms with van der Waals surface area (Å²) in [5, 5.41) is 4.08. The summed E-state index contributed by atoms with van der Waals surface area (Å²) in [6.07, 6.45) is 9.68. The van der Waals surface area contributed by atoms with E-state index >= 15 is 0 Å². The van der Waals surface area contributed by atoms with Gasteiger partial charge in [0.15, 0.2) is 11.5 Å². The van der Waals surface area contributed by atoms with Crippen LogP contribution in [-0.2, 0) is 11.3 Å². The number of carbonyl (C=O) groups excluding carboxylic acids is 1. The molecule has 2 atom stereocenters. The number of nitrogens with one attached hydrogen (secondary N) is 1. The molecule has 0 aliphatic carbocycles. The largest absolute Gasteiger partial charge is 0.350 e. The average Bonchev–Trinajstić information content (AvgIpc) is 3.44. The van der Waals surface area contributed by atoms with E-state index in [1.54, 1.807) is 23.7 Å². The Balaban J connectivity index is 1.26. The van der Waals surface area contributed by atoms with E-state index in [9.17, 15) is 4.79 Å². The number of aryl methyl sites for hydroxylation is 1. The third-order valence-electron chi connectivity index (χ3n) is 5.62. The van der Waals surface area contributed by atoms with Crippen LogP contribution >= 0.6 is 0 Å². The fourth-order valence-electron chi connectivity index (χ4n) is 4.41. The second-order valence-corrected chi connectivity index (χ2v) is 7.05. The maximum absolute atomic E-state index is 12.8. The number of aromatic amines is 1. The van der Waals surface area contributed by atoms with Crippen LogP contribution in [-0.4, -0.2) is 70.7 Å². The lowest BCUT2D eigenvalue weighted by atomic mass is 10.1. The van der Waals surface area contributed by atoms with Crippen molar-refractivity contribution in [2.75, 3.05) is 18.0 Å². The molecule has 3 aromatic heterocycles. The summed E-state index contributed by atoms with van der Waals surface area (Å²) in [6.45, 7) is 2.42. The number of fused-ring (bicyclic) bond motifs is 2. The summed E-state index contributed by atoms with van der Waals surface area (Å²) in [7, 11) is 0. The highest BCUT2D eigenvalue weighted by atomic mass is 16.2. The number of anilines is 1. The Bertz CT molecular complexity index is 937. The van der Waals surface area contributed by atoms with Crippen molar-refractivity contribution in [2.45, 2.75) is 44.3 Å². The predicted octanol–water partition coefficient (Wildman–Crippen LogP) is 0.604. The molecule has 0 bridgehead atoms. The van der Waals surface area contributed by atoms with Gasteiger partial charge in [-0.15, -0.1) is 0 Å². The SMILES string of the molecule is O=C(CCCn1cncn1)N1CC[C@H]2[C@@H]1CCN2c1ncnc2nc[nH]c12. The van der Waals surface area contributed by atoms with Gasteiger partial charge >= 0.3 is 0 Å². The third-order valence-corrected chi connectivity index (χ3v) is 5.62. The highest BCUT2D eigenvalue weighted by Crippen LogP contribution is 2.36. The number of nitrogens with zero attached hydrogens (tertiary/aromatic N) is 8. The maximum Gasteiger partial charge on any atom is 0.222 e. The Morgan fingerprint density at radius 1 is 1.15 bits per heavy atom. The van der Waals surface area contributed by atoms with Crippen LogP contribution in [0.4, 0.5) is 5.82 Å². The molecule has 140 valence electrons. The molecule has 2 aliphatic heterocycles. The maximum atomic E-state index is 12.8. The number of amides is 1. The topological polar surface area (TPSA) is 109 Å². The zero-order valence-electron chi connectivity index (χ0n) is 14.9. The summed E-state index contributed by atoms with van der Waals surface area (Å²) >= 11 is 0. The number of carbonyl (C=O) groups is 1. The molecule has 2 aliphatic rings. The van der Waals surface area contributed by atoms with E-state index in [1.807, 2.05) is 0 Å². The molecule has 0 spiro atoms. The molecule has 1 amide bonds. The molecule has 5 rings (SSSR count). The first-order chi connectivity index (χ1) is 13.3. The molecule has 3 aromatic rings. The standard InChI is InChI=1S/C17H21N9O/c27-14(2-1-5-24-11-18-8-23-24)25-6-3-13-12(25)4-7-26(13)17-15-16(20-9-19-15)21-10-22-17/h8-13H,1-7H2,(H,19,20,21,22)/t12-,13-/m0/s1. The summed E-state index contributed by atoms with van der Waals surface area (Å²) in [5.74, 6) is 1.13. The Morgan fingerprint density at radius 2 is 2.07 bits per heavy atom. The summed E-state index contributed by atoms with van der Waals surface area (Å²) in [4.78, 5) is 37.1. The first-order valence-electron chi connectivity index (χ1n) is 9.34. The van der Waals surface area contributed by atoms with Gasteiger partial charge in [-0.1, -0.05) is 0 Å². The number of imidazole rings is 1. The summed E-state index contributed by atoms with van der Waals surface area (Å²) < 4.78 is 1.77. The van der Waals surface area contributed by atoms with Crippen molar-refractivity contribution in [1.29, 1.82) is 0 Å². The lowest BCUT2D eigenvalue weighted by molar-refractivity contribution is -0.132. The summed E-state index contributed by atoms with van der Waals surface area (Å²) in [5.41, 5.74) is 1.55. The van der Waals surface area contributed by atoms with Crippen molar-refractivity contribution in [3.05, 3.63) is 25.3 Å². The highest BCUT2D eigenvalue weighted by Gasteiger charge is 2.45. The van der Waals surface area contributed by atoms with Crippen molar-refractivity contribution in [1.82, 2.24) is 39.6 Å². The number of likely N-dealkylation sites (tertiary alicyclic amines) is 1. The van der Waals surface area contributed by atoms with Gasteiger partial charge in [-0.25, -0.2) is 19.9 Å². The zero-order valence-corrected chi connectivity index (χ0v) is 14.9. The predicted molar refractivity (Wildman–Crippen MR) is 96.8 cm³/mol. The number of aromatic nitrogens is 7. The lowest BCUT2D eigenvalue weighted by Gasteiger charge is -2.26. The molecular weight excluding hydrogens is 346 g/mol. The van der Waals surface area contributed by atoms with Crippen LogP contribution in [0.3, 0.4) is 0 Å². The Hall–Kier alpha value is -3.04. The van der Waals surface area contributed by atoms with E-state index in [0.717, 1.165) is 50.2 Å². The van der Waals surface area contributed by atoms with Gasteiger partial charge in [0, 0.05) is 26.1 Å². The first kappa shape index (κ1) is 16.2. The molecule has 0 aromatic carbocycles. The molecule has 0 radical (unpaired) electrons. The number of hydrogen-bond donors (Lipinski definition) is 1. The van der Waals surface area contributed by atoms with Crippen LogP contribution in [0.2, 0.25) is 0 Å². The monoisotopic (exact) mass is 367 g/mol. The van der Waals surface area contributed by atoms with E-state index in [0.29, 0.717) is 18.1 Å². The Kier molecular flexibility index (Phi) is 3.95. The molecule has 27 heavy (non-hydrogen) atoms. The van der Waals surface area contributed by atoms with Crippen LogP contribution in [0.5, 0.6) is 0 Å². The normalized spacial score (nSPS) is 21.9. The number of rotatable bonds is 5. The van der Waals surface area contributed by atoms with Crippen molar-refractivity contribution < 1.29 is 4.79 Å². The van der Waals surface area contributed by atoms with Crippen molar-refractivity contribution in [3.63, 3.8) is 0 Å². The van der Waals surface area contributed by atoms with Crippen LogP contribution in [0, 0.1) is 0 Å². The van der Waals surface area contributed by atoms with Gasteiger partial charge in [-0.3, -0.25) is 9.48 Å². The van der Waals surface area contributed by atoms with Gasteiger partial charge < -0.3 is 14.8 Å². The first-order valence-corrected chi connectivity index (χ1v) is 9.34. The van der Waals surface area contributed by atoms with E-state index in [1.165, 1.54) is 6.33 Å². The molecule has 0 saturated carbocycles. The molecule has 0 unspecified atom stereocenters. The van der Waals surface area contributed by atoms with Crippen LogP contribution in [0.1, 0.15) is 25.7 Å². The lowest BCUT2D eigenvalue weighted by Crippen LogP contribution is -2.40. The number of hydrogen-bond acceptors (Lipinski definition) is 7. The van der Waals surface area contributed by atoms with Crippen molar-refractivity contribution >= 4 is 22.9 Å². The molecule has 2 fully saturated rings. The molecule has 10 nitrogen and oxygen atoms in total. The summed E-state index contributed by atoms with van der Waals surface area (Å²) in [6, 6.07) is 0.572. The molecule has 10 heteroatoms. The Labute approximate surface area is 155 Å². The van der Waals surface area contributed by atoms with Crippen LogP contribution in [0.25, 0.3) is 11.2 Å². The molecular formula is C17H21N9O. The Morgan fingerprint density at radius 3 is 2.96 bits per heavy atom. The molecule has 5 heterocycles. The molecule has 1 N–H and O–H groups in total. The van der Waals surface area contributed by atoms with Crippen LogP contribution < -0.4 is 4.90 Å². The minimum atomic E-state index is 0.235. The average molecular weight is 367 g/mol. The van der Waals surface area contributed by atoms with Gasteiger partial charge in [-0.05, 0) is 19.3 Å². The fraction of sp³-hybridized carbons (Fsp3) is 0.529. The van der Waals surface area contributed by atoms with Crippen LogP contribution in [0.15, 0.2) is 25.3 Å². The van der Waals surface area contributed by atoms with Crippen molar-refractivity contribution in [3.8, 4) is 0 Å². The van der Waals surface area contributed by atoms with Gasteiger partial charge in [0.2, 0.25) is 5.91 Å². The van der Waals surface area contributed by atoms with E-state index < -0.39 is 0 Å². The van der Waals surface area contributed by atoms with Gasteiger partial charge in [0.1, 0.15) is 24.5 Å². The fourth-order valence-corrected chi connectivity index (χ4v) is 4.41. The minimum absolute atomic E-state index is 0.235. The quantitative estimate of drug-likeness (QED) is 0.703. The van der Waals surface area contributed by atoms with E-state index in [-0.39, 0.29) is 11.9 Å². The minimum Gasteiger partial charge on any atom is -0.350 e.